The zero-order valence-electron chi connectivity index (χ0n) is 30.5. The molecule has 0 unspecified atom stereocenters. The minimum absolute atomic E-state index is 0.0173. The molecule has 1 heterocycles. The van der Waals surface area contributed by atoms with Crippen LogP contribution in [0.2, 0.25) is 0 Å². The molecular formula is C32H53N9O13. The van der Waals surface area contributed by atoms with Gasteiger partial charge in [0, 0.05) is 25.8 Å². The summed E-state index contributed by atoms with van der Waals surface area (Å²) in [6.07, 6.45) is -1.79. The van der Waals surface area contributed by atoms with Crippen LogP contribution < -0.4 is 43.8 Å². The van der Waals surface area contributed by atoms with Crippen molar-refractivity contribution in [3.05, 3.63) is 0 Å². The number of carboxylic acids is 2. The van der Waals surface area contributed by atoms with Crippen LogP contribution in [0.1, 0.15) is 78.6 Å². The van der Waals surface area contributed by atoms with Gasteiger partial charge in [0.1, 0.15) is 36.3 Å². The molecule has 22 heteroatoms. The van der Waals surface area contributed by atoms with Gasteiger partial charge in [0.25, 0.3) is 0 Å². The van der Waals surface area contributed by atoms with E-state index in [2.05, 4.69) is 26.6 Å². The first-order chi connectivity index (χ1) is 25.2. The number of amides is 8. The number of carboxylic acid groups (broad SMARTS) is 2. The summed E-state index contributed by atoms with van der Waals surface area (Å²) < 4.78 is 0. The van der Waals surface area contributed by atoms with Crippen LogP contribution in [0.4, 0.5) is 0 Å². The van der Waals surface area contributed by atoms with E-state index in [9.17, 15) is 58.2 Å². The molecule has 0 aromatic carbocycles. The second-order valence-corrected chi connectivity index (χ2v) is 13.4. The number of nitrogens with zero attached hydrogens (tertiary/aromatic N) is 1. The standard InChI is InChI=1S/C32H53N9O13/c1-15(2)13-20(26(35)48)39-31(53)22-5-4-12-41(22)32(54)21(14-42)40-27(49)16(3)36-29(51)18(7-10-24(44)45)38-30(52)19(8-11-25(46)47)37-28(50)17(33)6-9-23(34)43/h15-22,42H,4-14,33H2,1-3H3,(H2,34,43)(H2,35,48)(H,36,51)(H,37,50)(H,38,52)(H,39,53)(H,40,49)(H,44,45)(H,46,47)/t16-,17-,18-,19-,20-,21-,22-/m0/s1. The molecule has 14 N–H and O–H groups in total. The number of aliphatic carboxylic acids is 2. The van der Waals surface area contributed by atoms with Gasteiger partial charge < -0.3 is 64.0 Å². The topological polar surface area (TPSA) is 373 Å². The summed E-state index contributed by atoms with van der Waals surface area (Å²) in [5.74, 6) is -9.70. The maximum absolute atomic E-state index is 13.4. The monoisotopic (exact) mass is 771 g/mol. The van der Waals surface area contributed by atoms with E-state index in [1.54, 1.807) is 0 Å². The molecule has 7 atom stereocenters. The van der Waals surface area contributed by atoms with Crippen LogP contribution in [0.3, 0.4) is 0 Å². The van der Waals surface area contributed by atoms with Crippen LogP contribution in [0.5, 0.6) is 0 Å². The van der Waals surface area contributed by atoms with Crippen molar-refractivity contribution >= 4 is 59.2 Å². The second kappa shape index (κ2) is 22.6. The van der Waals surface area contributed by atoms with E-state index < -0.39 is 134 Å². The molecule has 0 aliphatic carbocycles. The average molecular weight is 772 g/mol. The summed E-state index contributed by atoms with van der Waals surface area (Å²) >= 11 is 0. The molecule has 0 radical (unpaired) electrons. The van der Waals surface area contributed by atoms with Gasteiger partial charge in [-0.25, -0.2) is 0 Å². The zero-order chi connectivity index (χ0) is 41.3. The van der Waals surface area contributed by atoms with Gasteiger partial charge in [0.2, 0.25) is 47.3 Å². The first-order valence-corrected chi connectivity index (χ1v) is 17.4. The molecule has 0 aromatic heterocycles. The summed E-state index contributed by atoms with van der Waals surface area (Å²) in [5.41, 5.74) is 16.2. The summed E-state index contributed by atoms with van der Waals surface area (Å²) in [7, 11) is 0. The third-order valence-corrected chi connectivity index (χ3v) is 8.35. The van der Waals surface area contributed by atoms with Gasteiger partial charge in [-0.05, 0) is 51.4 Å². The summed E-state index contributed by atoms with van der Waals surface area (Å²) in [6, 6.07) is -9.53. The average Bonchev–Trinajstić information content (AvgIpc) is 3.58. The fourth-order valence-corrected chi connectivity index (χ4v) is 5.40. The van der Waals surface area contributed by atoms with Crippen molar-refractivity contribution in [1.82, 2.24) is 31.5 Å². The summed E-state index contributed by atoms with van der Waals surface area (Å²) in [4.78, 5) is 125. The SMILES string of the molecule is CC(C)C[C@H](NC(=O)[C@@H]1CCCN1C(=O)[C@H](CO)NC(=O)[C@H](C)NC(=O)[C@H](CCC(=O)O)NC(=O)[C@H](CCC(=O)O)NC(=O)[C@@H](N)CCC(N)=O)C(N)=O. The zero-order valence-corrected chi connectivity index (χ0v) is 30.5. The van der Waals surface area contributed by atoms with Crippen LogP contribution >= 0.6 is 0 Å². The number of nitrogens with one attached hydrogen (secondary N) is 5. The molecule has 1 fully saturated rings. The Kier molecular flexibility index (Phi) is 19.6. The Morgan fingerprint density at radius 3 is 1.69 bits per heavy atom. The molecule has 1 rings (SSSR count). The van der Waals surface area contributed by atoms with Crippen LogP contribution in [-0.4, -0.2) is 135 Å². The Morgan fingerprint density at radius 1 is 0.685 bits per heavy atom. The number of aliphatic hydroxyl groups is 1. The highest BCUT2D eigenvalue weighted by atomic mass is 16.4. The molecule has 8 amide bonds. The number of rotatable bonds is 24. The fourth-order valence-electron chi connectivity index (χ4n) is 5.40. The molecule has 0 aromatic rings. The van der Waals surface area contributed by atoms with E-state index in [1.807, 2.05) is 13.8 Å². The van der Waals surface area contributed by atoms with Gasteiger partial charge in [-0.1, -0.05) is 13.8 Å². The Labute approximate surface area is 311 Å². The Morgan fingerprint density at radius 2 is 1.20 bits per heavy atom. The van der Waals surface area contributed by atoms with Gasteiger partial charge in [-0.2, -0.15) is 0 Å². The van der Waals surface area contributed by atoms with Crippen molar-refractivity contribution in [2.75, 3.05) is 13.2 Å². The van der Waals surface area contributed by atoms with Gasteiger partial charge >= 0.3 is 11.9 Å². The van der Waals surface area contributed by atoms with Crippen LogP contribution in [0, 0.1) is 5.92 Å². The van der Waals surface area contributed by atoms with Crippen LogP contribution in [0.15, 0.2) is 0 Å². The number of nitrogens with two attached hydrogens (primary N) is 3. The number of aliphatic hydroxyl groups excluding tert-OH is 1. The Bertz CT molecular complexity index is 1410. The van der Waals surface area contributed by atoms with Crippen LogP contribution in [0.25, 0.3) is 0 Å². The number of hydrogen-bond donors (Lipinski definition) is 11. The van der Waals surface area contributed by atoms with E-state index in [1.165, 1.54) is 6.92 Å². The maximum atomic E-state index is 13.4. The minimum Gasteiger partial charge on any atom is -0.481 e. The highest BCUT2D eigenvalue weighted by molar-refractivity contribution is 5.97. The van der Waals surface area contributed by atoms with Crippen molar-refractivity contribution in [2.24, 2.45) is 23.1 Å². The fraction of sp³-hybridized carbons (Fsp3) is 0.688. The van der Waals surface area contributed by atoms with E-state index in [0.29, 0.717) is 6.42 Å². The van der Waals surface area contributed by atoms with Crippen LogP contribution in [-0.2, 0) is 47.9 Å². The van der Waals surface area contributed by atoms with Crippen molar-refractivity contribution in [3.63, 3.8) is 0 Å². The largest absolute Gasteiger partial charge is 0.481 e. The van der Waals surface area contributed by atoms with Crippen molar-refractivity contribution in [2.45, 2.75) is 121 Å². The first kappa shape index (κ1) is 46.6. The molecule has 304 valence electrons. The quantitative estimate of drug-likeness (QED) is 0.0439. The maximum Gasteiger partial charge on any atom is 0.303 e. The molecule has 0 saturated carbocycles. The van der Waals surface area contributed by atoms with Gasteiger partial charge in [-0.3, -0.25) is 47.9 Å². The number of primary amides is 2. The lowest BCUT2D eigenvalue weighted by Crippen LogP contribution is -2.60. The smallest absolute Gasteiger partial charge is 0.303 e. The highest BCUT2D eigenvalue weighted by Crippen LogP contribution is 2.19. The normalized spacial score (nSPS) is 17.1. The number of carbonyl (C=O) groups is 10. The second-order valence-electron chi connectivity index (χ2n) is 13.4. The predicted octanol–water partition coefficient (Wildman–Crippen LogP) is -4.73. The molecule has 22 nitrogen and oxygen atoms in total. The van der Waals surface area contributed by atoms with Crippen molar-refractivity contribution < 1.29 is 63.3 Å². The molecule has 54 heavy (non-hydrogen) atoms. The lowest BCUT2D eigenvalue weighted by Gasteiger charge is -2.30. The van der Waals surface area contributed by atoms with Crippen molar-refractivity contribution in [1.29, 1.82) is 0 Å². The number of carbonyl (C=O) groups excluding carboxylic acids is 8. The van der Waals surface area contributed by atoms with E-state index >= 15 is 0 Å². The van der Waals surface area contributed by atoms with Gasteiger partial charge in [0.05, 0.1) is 12.6 Å². The van der Waals surface area contributed by atoms with Gasteiger partial charge in [-0.15, -0.1) is 0 Å². The Balaban J connectivity index is 3.05. The molecule has 1 aliphatic rings. The number of hydrogen-bond acceptors (Lipinski definition) is 12. The molecule has 0 spiro atoms. The predicted molar refractivity (Wildman–Crippen MR) is 186 cm³/mol. The van der Waals surface area contributed by atoms with E-state index in [4.69, 9.17) is 22.3 Å². The van der Waals surface area contributed by atoms with E-state index in [-0.39, 0.29) is 38.1 Å². The Hall–Kier alpha value is -5.38. The summed E-state index contributed by atoms with van der Waals surface area (Å²) in [6.45, 7) is 4.04. The van der Waals surface area contributed by atoms with Crippen molar-refractivity contribution in [3.8, 4) is 0 Å². The van der Waals surface area contributed by atoms with E-state index in [0.717, 1.165) is 4.90 Å². The molecule has 1 saturated heterocycles. The number of likely N-dealkylation sites (tertiary alicyclic amines) is 1. The molecule has 0 bridgehead atoms. The highest BCUT2D eigenvalue weighted by Gasteiger charge is 2.39. The summed E-state index contributed by atoms with van der Waals surface area (Å²) in [5, 5.41) is 40.0. The lowest BCUT2D eigenvalue weighted by atomic mass is 10.0. The molecule has 1 aliphatic heterocycles. The lowest BCUT2D eigenvalue weighted by molar-refractivity contribution is -0.143. The minimum atomic E-state index is -1.63. The van der Waals surface area contributed by atoms with Gasteiger partial charge in [0.15, 0.2) is 0 Å². The molecular weight excluding hydrogens is 718 g/mol. The first-order valence-electron chi connectivity index (χ1n) is 17.4. The third kappa shape index (κ3) is 16.1. The third-order valence-electron chi connectivity index (χ3n) is 8.35.